The number of likely N-dealkylation sites (N-methyl/N-ethyl adjacent to an activating group) is 1. The molecule has 3 rings (SSSR count). The van der Waals surface area contributed by atoms with Crippen LogP contribution in [-0.2, 0) is 4.79 Å². The maximum atomic E-state index is 13.2. The molecule has 2 aromatic carbocycles. The highest BCUT2D eigenvalue weighted by atomic mass is 32.2. The summed E-state index contributed by atoms with van der Waals surface area (Å²) in [6.45, 7) is 9.46. The van der Waals surface area contributed by atoms with Crippen molar-refractivity contribution in [3.8, 4) is 5.69 Å². The lowest BCUT2D eigenvalue weighted by Gasteiger charge is -2.24. The average Bonchev–Trinajstić information content (AvgIpc) is 3.18. The summed E-state index contributed by atoms with van der Waals surface area (Å²) in [5.74, 6) is 0.0656. The lowest BCUT2D eigenvalue weighted by Crippen LogP contribution is -2.34. The van der Waals surface area contributed by atoms with Crippen LogP contribution in [0.4, 0.5) is 0 Å². The molecule has 1 atom stereocenters. The summed E-state index contributed by atoms with van der Waals surface area (Å²) in [7, 11) is 0. The largest absolute Gasteiger partial charge is 0.342 e. The molecule has 1 aromatic heterocycles. The van der Waals surface area contributed by atoms with Crippen LogP contribution in [0.5, 0.6) is 0 Å². The Morgan fingerprint density at radius 2 is 1.79 bits per heavy atom. The Morgan fingerprint density at radius 3 is 2.43 bits per heavy atom. The van der Waals surface area contributed by atoms with Gasteiger partial charge in [-0.05, 0) is 66.9 Å². The fourth-order valence-corrected chi connectivity index (χ4v) is 4.05. The zero-order valence-corrected chi connectivity index (χ0v) is 17.5. The van der Waals surface area contributed by atoms with Crippen molar-refractivity contribution in [1.29, 1.82) is 0 Å². The number of hydrogen-bond acceptors (Lipinski definition) is 5. The number of tetrazole rings is 1. The summed E-state index contributed by atoms with van der Waals surface area (Å²) in [6, 6.07) is 15.9. The number of hydrogen-bond donors (Lipinski definition) is 0. The van der Waals surface area contributed by atoms with Gasteiger partial charge < -0.3 is 4.90 Å². The molecule has 0 spiro atoms. The van der Waals surface area contributed by atoms with E-state index in [9.17, 15) is 4.79 Å². The van der Waals surface area contributed by atoms with Gasteiger partial charge in [-0.1, -0.05) is 48.2 Å². The van der Waals surface area contributed by atoms with Gasteiger partial charge in [0.25, 0.3) is 0 Å². The number of benzene rings is 2. The first-order valence-electron chi connectivity index (χ1n) is 9.41. The van der Waals surface area contributed by atoms with Gasteiger partial charge in [0.15, 0.2) is 0 Å². The number of amides is 1. The Kier molecular flexibility index (Phi) is 6.46. The molecular formula is C21H25N5OS. The number of aryl methyl sites for hydroxylation is 2. The van der Waals surface area contributed by atoms with Crippen LogP contribution in [0, 0.1) is 13.8 Å². The van der Waals surface area contributed by atoms with Crippen LogP contribution in [0.2, 0.25) is 0 Å². The zero-order chi connectivity index (χ0) is 20.1. The highest BCUT2D eigenvalue weighted by Crippen LogP contribution is 2.36. The summed E-state index contributed by atoms with van der Waals surface area (Å²) in [5.41, 5.74) is 4.21. The van der Waals surface area contributed by atoms with Crippen molar-refractivity contribution >= 4 is 17.7 Å². The molecule has 0 radical (unpaired) electrons. The fraction of sp³-hybridized carbons (Fsp3) is 0.333. The van der Waals surface area contributed by atoms with Crippen LogP contribution in [0.15, 0.2) is 53.7 Å². The molecule has 0 unspecified atom stereocenters. The summed E-state index contributed by atoms with van der Waals surface area (Å²) in [4.78, 5) is 15.0. The highest BCUT2D eigenvalue weighted by molar-refractivity contribution is 8.00. The third-order valence-electron chi connectivity index (χ3n) is 4.80. The number of carbonyl (C=O) groups is 1. The molecule has 0 aliphatic carbocycles. The topological polar surface area (TPSA) is 63.9 Å². The molecule has 0 aliphatic rings. The third-order valence-corrected chi connectivity index (χ3v) is 5.98. The minimum absolute atomic E-state index is 0.0656. The van der Waals surface area contributed by atoms with E-state index in [1.54, 1.807) is 4.68 Å². The Morgan fingerprint density at radius 1 is 1.07 bits per heavy atom. The van der Waals surface area contributed by atoms with Crippen molar-refractivity contribution in [2.24, 2.45) is 0 Å². The first-order chi connectivity index (χ1) is 13.5. The Balaban J connectivity index is 1.97. The normalized spacial score (nSPS) is 12.0. The van der Waals surface area contributed by atoms with Crippen molar-refractivity contribution in [3.05, 3.63) is 65.2 Å². The second kappa shape index (κ2) is 9.01. The summed E-state index contributed by atoms with van der Waals surface area (Å²) < 4.78 is 1.70. The van der Waals surface area contributed by atoms with E-state index < -0.39 is 5.25 Å². The maximum Gasteiger partial charge on any atom is 0.240 e. The molecule has 1 amide bonds. The molecule has 0 N–H and O–H groups in total. The van der Waals surface area contributed by atoms with E-state index >= 15 is 0 Å². The van der Waals surface area contributed by atoms with Crippen LogP contribution in [0.1, 0.15) is 35.8 Å². The first-order valence-corrected chi connectivity index (χ1v) is 10.3. The molecule has 28 heavy (non-hydrogen) atoms. The monoisotopic (exact) mass is 395 g/mol. The lowest BCUT2D eigenvalue weighted by atomic mass is 10.1. The third kappa shape index (κ3) is 4.25. The summed E-state index contributed by atoms with van der Waals surface area (Å²) in [5, 5.41) is 12.4. The van der Waals surface area contributed by atoms with Gasteiger partial charge in [0, 0.05) is 13.1 Å². The molecule has 0 fully saturated rings. The Labute approximate surface area is 169 Å². The van der Waals surface area contributed by atoms with Crippen LogP contribution >= 0.6 is 11.8 Å². The molecule has 146 valence electrons. The standard InChI is InChI=1S/C21H25N5OS/c1-5-25(6-2)20(27)19(17-10-8-7-9-11-17)28-21-22-23-24-26(21)18-13-12-15(3)16(4)14-18/h7-14,19H,5-6H2,1-4H3/t19-/m0/s1. The predicted octanol–water partition coefficient (Wildman–Crippen LogP) is 3.98. The van der Waals surface area contributed by atoms with Gasteiger partial charge in [0.1, 0.15) is 5.25 Å². The van der Waals surface area contributed by atoms with Crippen molar-refractivity contribution in [2.45, 2.75) is 38.1 Å². The quantitative estimate of drug-likeness (QED) is 0.566. The van der Waals surface area contributed by atoms with Gasteiger partial charge in [-0.15, -0.1) is 5.10 Å². The van der Waals surface area contributed by atoms with E-state index in [1.807, 2.05) is 55.1 Å². The van der Waals surface area contributed by atoms with Gasteiger partial charge in [0.05, 0.1) is 5.69 Å². The van der Waals surface area contributed by atoms with E-state index in [1.165, 1.54) is 22.9 Å². The van der Waals surface area contributed by atoms with Gasteiger partial charge in [0.2, 0.25) is 11.1 Å². The molecule has 7 heteroatoms. The molecule has 0 aliphatic heterocycles. The lowest BCUT2D eigenvalue weighted by molar-refractivity contribution is -0.130. The molecule has 0 bridgehead atoms. The summed E-state index contributed by atoms with van der Waals surface area (Å²) >= 11 is 1.38. The molecular weight excluding hydrogens is 370 g/mol. The SMILES string of the molecule is CCN(CC)C(=O)[C@@H](Sc1nnnn1-c1ccc(C)c(C)c1)c1ccccc1. The fourth-order valence-electron chi connectivity index (χ4n) is 2.97. The van der Waals surface area contributed by atoms with E-state index in [0.717, 1.165) is 11.3 Å². The van der Waals surface area contributed by atoms with Crippen LogP contribution in [0.25, 0.3) is 5.69 Å². The van der Waals surface area contributed by atoms with E-state index in [-0.39, 0.29) is 5.91 Å². The number of carbonyl (C=O) groups excluding carboxylic acids is 1. The first kappa shape index (κ1) is 20.1. The molecule has 0 saturated carbocycles. The zero-order valence-electron chi connectivity index (χ0n) is 16.7. The highest BCUT2D eigenvalue weighted by Gasteiger charge is 2.28. The van der Waals surface area contributed by atoms with Gasteiger partial charge in [-0.25, -0.2) is 0 Å². The van der Waals surface area contributed by atoms with Crippen molar-refractivity contribution in [2.75, 3.05) is 13.1 Å². The number of thioether (sulfide) groups is 1. The van der Waals surface area contributed by atoms with E-state index in [2.05, 4.69) is 41.5 Å². The Hall–Kier alpha value is -2.67. The Bertz CT molecular complexity index is 937. The average molecular weight is 396 g/mol. The molecule has 1 heterocycles. The van der Waals surface area contributed by atoms with Crippen molar-refractivity contribution < 1.29 is 4.79 Å². The van der Waals surface area contributed by atoms with Crippen molar-refractivity contribution in [3.63, 3.8) is 0 Å². The van der Waals surface area contributed by atoms with E-state index in [4.69, 9.17) is 0 Å². The number of rotatable bonds is 7. The van der Waals surface area contributed by atoms with Crippen LogP contribution in [-0.4, -0.2) is 44.1 Å². The number of aromatic nitrogens is 4. The summed E-state index contributed by atoms with van der Waals surface area (Å²) in [6.07, 6.45) is 0. The smallest absolute Gasteiger partial charge is 0.240 e. The van der Waals surface area contributed by atoms with Gasteiger partial charge in [-0.2, -0.15) is 4.68 Å². The molecule has 0 saturated heterocycles. The van der Waals surface area contributed by atoms with Gasteiger partial charge >= 0.3 is 0 Å². The number of nitrogens with zero attached hydrogens (tertiary/aromatic N) is 5. The molecule has 3 aromatic rings. The van der Waals surface area contributed by atoms with Crippen LogP contribution < -0.4 is 0 Å². The van der Waals surface area contributed by atoms with Crippen molar-refractivity contribution in [1.82, 2.24) is 25.1 Å². The molecule has 6 nitrogen and oxygen atoms in total. The predicted molar refractivity (Wildman–Crippen MR) is 112 cm³/mol. The second-order valence-corrected chi connectivity index (χ2v) is 7.63. The van der Waals surface area contributed by atoms with E-state index in [0.29, 0.717) is 18.2 Å². The maximum absolute atomic E-state index is 13.2. The second-order valence-electron chi connectivity index (χ2n) is 6.56. The van der Waals surface area contributed by atoms with Crippen LogP contribution in [0.3, 0.4) is 0 Å². The minimum Gasteiger partial charge on any atom is -0.342 e. The minimum atomic E-state index is -0.405. The van der Waals surface area contributed by atoms with Gasteiger partial charge in [-0.3, -0.25) is 4.79 Å².